The maximum Gasteiger partial charge on any atom is 0.0427 e. The monoisotopic (exact) mass is 194 g/mol. The van der Waals surface area contributed by atoms with E-state index in [4.69, 9.17) is 6.42 Å². The SMILES string of the molecule is C#CC(C)c1ccc(C)c2ccccc12. The first-order valence-corrected chi connectivity index (χ1v) is 5.18. The molecule has 2 aromatic rings. The third kappa shape index (κ3) is 1.62. The van der Waals surface area contributed by atoms with E-state index in [0.29, 0.717) is 0 Å². The van der Waals surface area contributed by atoms with E-state index in [2.05, 4.69) is 56.2 Å². The summed E-state index contributed by atoms with van der Waals surface area (Å²) >= 11 is 0. The minimum atomic E-state index is 0.176. The van der Waals surface area contributed by atoms with Gasteiger partial charge >= 0.3 is 0 Å². The number of hydrogen-bond donors (Lipinski definition) is 0. The number of terminal acetylenes is 1. The van der Waals surface area contributed by atoms with Crippen LogP contribution in [0.1, 0.15) is 24.0 Å². The van der Waals surface area contributed by atoms with Crippen LogP contribution in [-0.4, -0.2) is 0 Å². The molecule has 0 nitrogen and oxygen atoms in total. The fourth-order valence-corrected chi connectivity index (χ4v) is 1.94. The molecule has 0 fully saturated rings. The molecule has 0 amide bonds. The number of benzene rings is 2. The lowest BCUT2D eigenvalue weighted by Crippen LogP contribution is -1.92. The van der Waals surface area contributed by atoms with Gasteiger partial charge in [0.2, 0.25) is 0 Å². The molecule has 0 aromatic heterocycles. The Morgan fingerprint density at radius 1 is 1.07 bits per heavy atom. The van der Waals surface area contributed by atoms with Gasteiger partial charge in [0.25, 0.3) is 0 Å². The Hall–Kier alpha value is -1.74. The van der Waals surface area contributed by atoms with Crippen molar-refractivity contribution in [3.8, 4) is 12.3 Å². The highest BCUT2D eigenvalue weighted by Crippen LogP contribution is 2.27. The van der Waals surface area contributed by atoms with Crippen molar-refractivity contribution in [1.29, 1.82) is 0 Å². The molecule has 15 heavy (non-hydrogen) atoms. The largest absolute Gasteiger partial charge is 0.119 e. The third-order valence-corrected chi connectivity index (χ3v) is 2.89. The predicted octanol–water partition coefficient (Wildman–Crippen LogP) is 3.88. The molecule has 0 saturated carbocycles. The minimum Gasteiger partial charge on any atom is -0.119 e. The van der Waals surface area contributed by atoms with Gasteiger partial charge in [0, 0.05) is 5.92 Å². The van der Waals surface area contributed by atoms with E-state index in [1.54, 1.807) is 0 Å². The lowest BCUT2D eigenvalue weighted by atomic mass is 9.93. The molecular weight excluding hydrogens is 180 g/mol. The number of rotatable bonds is 1. The first-order chi connectivity index (χ1) is 7.24. The first kappa shape index (κ1) is 9.80. The van der Waals surface area contributed by atoms with E-state index in [1.165, 1.54) is 21.9 Å². The highest BCUT2D eigenvalue weighted by Gasteiger charge is 2.07. The summed E-state index contributed by atoms with van der Waals surface area (Å²) in [7, 11) is 0. The molecule has 74 valence electrons. The standard InChI is InChI=1S/C15H14/c1-4-11(2)14-10-9-12(3)13-7-5-6-8-15(13)14/h1,5-11H,2-3H3. The summed E-state index contributed by atoms with van der Waals surface area (Å²) in [5, 5.41) is 2.58. The molecule has 0 heteroatoms. The van der Waals surface area contributed by atoms with Crippen molar-refractivity contribution in [2.45, 2.75) is 19.8 Å². The Labute approximate surface area is 90.9 Å². The highest BCUT2D eigenvalue weighted by molar-refractivity contribution is 5.89. The fourth-order valence-electron chi connectivity index (χ4n) is 1.94. The van der Waals surface area contributed by atoms with Crippen LogP contribution in [0, 0.1) is 19.3 Å². The van der Waals surface area contributed by atoms with E-state index < -0.39 is 0 Å². The van der Waals surface area contributed by atoms with Crippen LogP contribution in [0.2, 0.25) is 0 Å². The molecule has 2 rings (SSSR count). The summed E-state index contributed by atoms with van der Waals surface area (Å²) in [5.41, 5.74) is 2.55. The van der Waals surface area contributed by atoms with Crippen molar-refractivity contribution in [3.05, 3.63) is 47.5 Å². The Kier molecular flexibility index (Phi) is 2.47. The Balaban J connectivity index is 2.78. The Morgan fingerprint density at radius 2 is 1.73 bits per heavy atom. The van der Waals surface area contributed by atoms with Crippen LogP contribution in [0.4, 0.5) is 0 Å². The van der Waals surface area contributed by atoms with Gasteiger partial charge in [-0.1, -0.05) is 42.3 Å². The molecule has 0 saturated heterocycles. The van der Waals surface area contributed by atoms with Gasteiger partial charge in [0.1, 0.15) is 0 Å². The van der Waals surface area contributed by atoms with Gasteiger partial charge in [-0.25, -0.2) is 0 Å². The third-order valence-electron chi connectivity index (χ3n) is 2.89. The van der Waals surface area contributed by atoms with Crippen molar-refractivity contribution in [1.82, 2.24) is 0 Å². The second kappa shape index (κ2) is 3.79. The molecule has 1 unspecified atom stereocenters. The smallest absolute Gasteiger partial charge is 0.0427 e. The molecule has 0 aliphatic carbocycles. The quantitative estimate of drug-likeness (QED) is 0.604. The zero-order valence-corrected chi connectivity index (χ0v) is 9.12. The number of hydrogen-bond acceptors (Lipinski definition) is 0. The summed E-state index contributed by atoms with van der Waals surface area (Å²) < 4.78 is 0. The lowest BCUT2D eigenvalue weighted by molar-refractivity contribution is 1.02. The van der Waals surface area contributed by atoms with Crippen molar-refractivity contribution >= 4 is 10.8 Å². The number of aryl methyl sites for hydroxylation is 1. The zero-order valence-electron chi connectivity index (χ0n) is 9.12. The maximum absolute atomic E-state index is 5.48. The van der Waals surface area contributed by atoms with Crippen LogP contribution in [0.15, 0.2) is 36.4 Å². The lowest BCUT2D eigenvalue weighted by Gasteiger charge is -2.10. The molecule has 0 radical (unpaired) electrons. The van der Waals surface area contributed by atoms with Gasteiger partial charge in [0.15, 0.2) is 0 Å². The average Bonchev–Trinajstić information content (AvgIpc) is 2.29. The van der Waals surface area contributed by atoms with E-state index >= 15 is 0 Å². The molecule has 0 N–H and O–H groups in total. The van der Waals surface area contributed by atoms with E-state index in [0.717, 1.165) is 0 Å². The molecule has 0 bridgehead atoms. The van der Waals surface area contributed by atoms with Crippen LogP contribution < -0.4 is 0 Å². The summed E-state index contributed by atoms with van der Waals surface area (Å²) in [4.78, 5) is 0. The van der Waals surface area contributed by atoms with Gasteiger partial charge in [-0.3, -0.25) is 0 Å². The molecule has 0 aliphatic heterocycles. The second-order valence-electron chi connectivity index (χ2n) is 3.91. The van der Waals surface area contributed by atoms with Crippen LogP contribution >= 0.6 is 0 Å². The summed E-state index contributed by atoms with van der Waals surface area (Å²) in [6.07, 6.45) is 5.48. The second-order valence-corrected chi connectivity index (χ2v) is 3.91. The van der Waals surface area contributed by atoms with Crippen LogP contribution in [-0.2, 0) is 0 Å². The zero-order chi connectivity index (χ0) is 10.8. The fraction of sp³-hybridized carbons (Fsp3) is 0.200. The number of fused-ring (bicyclic) bond motifs is 1. The normalized spacial score (nSPS) is 12.3. The molecule has 0 aliphatic rings. The topological polar surface area (TPSA) is 0 Å². The van der Waals surface area contributed by atoms with Gasteiger partial charge < -0.3 is 0 Å². The highest BCUT2D eigenvalue weighted by atomic mass is 14.1. The van der Waals surface area contributed by atoms with E-state index in [-0.39, 0.29) is 5.92 Å². The van der Waals surface area contributed by atoms with Gasteiger partial charge in [-0.15, -0.1) is 6.42 Å². The van der Waals surface area contributed by atoms with E-state index in [9.17, 15) is 0 Å². The average molecular weight is 194 g/mol. The Morgan fingerprint density at radius 3 is 2.40 bits per heavy atom. The van der Waals surface area contributed by atoms with Gasteiger partial charge in [-0.05, 0) is 35.7 Å². The maximum atomic E-state index is 5.48. The van der Waals surface area contributed by atoms with Crippen molar-refractivity contribution in [3.63, 3.8) is 0 Å². The summed E-state index contributed by atoms with van der Waals surface area (Å²) in [5.74, 6) is 2.97. The molecule has 2 aromatic carbocycles. The molecule has 0 heterocycles. The van der Waals surface area contributed by atoms with Gasteiger partial charge in [-0.2, -0.15) is 0 Å². The molecular formula is C15H14. The van der Waals surface area contributed by atoms with Crippen LogP contribution in [0.5, 0.6) is 0 Å². The first-order valence-electron chi connectivity index (χ1n) is 5.18. The summed E-state index contributed by atoms with van der Waals surface area (Å²) in [6, 6.07) is 12.7. The van der Waals surface area contributed by atoms with Gasteiger partial charge in [0.05, 0.1) is 0 Å². The van der Waals surface area contributed by atoms with Crippen LogP contribution in [0.3, 0.4) is 0 Å². The van der Waals surface area contributed by atoms with Crippen molar-refractivity contribution < 1.29 is 0 Å². The summed E-state index contributed by atoms with van der Waals surface area (Å²) in [6.45, 7) is 4.20. The van der Waals surface area contributed by atoms with E-state index in [1.807, 2.05) is 0 Å². The van der Waals surface area contributed by atoms with Crippen molar-refractivity contribution in [2.24, 2.45) is 0 Å². The van der Waals surface area contributed by atoms with Crippen molar-refractivity contribution in [2.75, 3.05) is 0 Å². The minimum absolute atomic E-state index is 0.176. The predicted molar refractivity (Wildman–Crippen MR) is 65.9 cm³/mol. The van der Waals surface area contributed by atoms with Crippen LogP contribution in [0.25, 0.3) is 10.8 Å². The molecule has 0 spiro atoms. The Bertz CT molecular complexity index is 529. The molecule has 1 atom stereocenters.